The lowest BCUT2D eigenvalue weighted by Crippen LogP contribution is -2.24. The van der Waals surface area contributed by atoms with E-state index in [4.69, 9.17) is 0 Å². The molecule has 2 heterocycles. The van der Waals surface area contributed by atoms with Gasteiger partial charge in [0.2, 0.25) is 5.91 Å². The Balaban J connectivity index is 1.53. The van der Waals surface area contributed by atoms with Crippen LogP contribution in [0.1, 0.15) is 0 Å². The molecule has 4 rings (SSSR count). The number of fused-ring (bicyclic) bond motifs is 2. The van der Waals surface area contributed by atoms with Gasteiger partial charge in [-0.25, -0.2) is 4.98 Å². The summed E-state index contributed by atoms with van der Waals surface area (Å²) in [6.07, 6.45) is -4.79. The largest absolute Gasteiger partial charge is 0.573 e. The highest BCUT2D eigenvalue weighted by Crippen LogP contribution is 2.31. The third kappa shape index (κ3) is 3.85. The molecule has 2 aromatic carbocycles. The number of thiazole rings is 2. The molecule has 11 heteroatoms. The number of carbonyl (C=O) groups is 1. The molecule has 144 valence electrons. The molecule has 4 aromatic rings. The lowest BCUT2D eigenvalue weighted by molar-refractivity contribution is -0.274. The molecular formula is C17H10F3N3O3S2. The number of rotatable bonds is 4. The molecule has 6 nitrogen and oxygen atoms in total. The predicted octanol–water partition coefficient (Wildman–Crippen LogP) is 4.21. The Morgan fingerprint density at radius 3 is 2.71 bits per heavy atom. The minimum atomic E-state index is -4.79. The molecule has 0 bridgehead atoms. The van der Waals surface area contributed by atoms with Gasteiger partial charge in [0.15, 0.2) is 5.13 Å². The van der Waals surface area contributed by atoms with Gasteiger partial charge in [0, 0.05) is 6.07 Å². The molecule has 0 atom stereocenters. The zero-order valence-corrected chi connectivity index (χ0v) is 15.5. The highest BCUT2D eigenvalue weighted by Gasteiger charge is 2.31. The lowest BCUT2D eigenvalue weighted by atomic mass is 10.3. The van der Waals surface area contributed by atoms with Crippen LogP contribution in [0.4, 0.5) is 18.3 Å². The fourth-order valence-electron chi connectivity index (χ4n) is 2.62. The molecule has 28 heavy (non-hydrogen) atoms. The van der Waals surface area contributed by atoms with Crippen LogP contribution in [0.5, 0.6) is 5.75 Å². The van der Waals surface area contributed by atoms with E-state index >= 15 is 0 Å². The number of alkyl halides is 3. The Morgan fingerprint density at radius 1 is 1.14 bits per heavy atom. The first kappa shape index (κ1) is 18.4. The smallest absolute Gasteiger partial charge is 0.406 e. The van der Waals surface area contributed by atoms with Gasteiger partial charge in [0.1, 0.15) is 12.3 Å². The third-order valence-electron chi connectivity index (χ3n) is 3.72. The van der Waals surface area contributed by atoms with E-state index in [-0.39, 0.29) is 22.3 Å². The first-order valence-electron chi connectivity index (χ1n) is 7.83. The number of aromatic nitrogens is 2. The molecule has 0 aliphatic rings. The SMILES string of the molecule is O=C(Cn1c(=O)sc2ccccc21)Nc1nc2ccc(OC(F)(F)F)cc2s1. The second-order valence-electron chi connectivity index (χ2n) is 5.67. The van der Waals surface area contributed by atoms with Crippen LogP contribution < -0.4 is 14.9 Å². The van der Waals surface area contributed by atoms with E-state index in [0.29, 0.717) is 15.7 Å². The van der Waals surface area contributed by atoms with Crippen molar-refractivity contribution in [3.63, 3.8) is 0 Å². The summed E-state index contributed by atoms with van der Waals surface area (Å²) in [5, 5.41) is 2.80. The maximum atomic E-state index is 12.3. The zero-order chi connectivity index (χ0) is 19.9. The molecule has 0 aliphatic carbocycles. The number of nitrogens with zero attached hydrogens (tertiary/aromatic N) is 2. The van der Waals surface area contributed by atoms with E-state index < -0.39 is 12.3 Å². The van der Waals surface area contributed by atoms with Crippen LogP contribution in [0.3, 0.4) is 0 Å². The standard InChI is InChI=1S/C17H10F3N3O3S2/c18-17(19,20)26-9-5-6-10-13(7-9)27-15(21-10)22-14(24)8-23-11-3-1-2-4-12(11)28-16(23)25/h1-7H,8H2,(H,21,22,24). The highest BCUT2D eigenvalue weighted by molar-refractivity contribution is 7.22. The van der Waals surface area contributed by atoms with E-state index in [9.17, 15) is 22.8 Å². The number of anilines is 1. The predicted molar refractivity (Wildman–Crippen MR) is 101 cm³/mol. The topological polar surface area (TPSA) is 73.2 Å². The third-order valence-corrected chi connectivity index (χ3v) is 5.61. The summed E-state index contributed by atoms with van der Waals surface area (Å²) in [6.45, 7) is -0.193. The van der Waals surface area contributed by atoms with Crippen molar-refractivity contribution in [2.24, 2.45) is 0 Å². The first-order chi connectivity index (χ1) is 13.3. The summed E-state index contributed by atoms with van der Waals surface area (Å²) >= 11 is 2.06. The number of hydrogen-bond acceptors (Lipinski definition) is 6. The second kappa shape index (κ2) is 6.91. The Hall–Kier alpha value is -2.92. The van der Waals surface area contributed by atoms with Gasteiger partial charge in [-0.3, -0.25) is 14.2 Å². The number of carbonyl (C=O) groups excluding carboxylic acids is 1. The van der Waals surface area contributed by atoms with E-state index in [1.54, 1.807) is 24.3 Å². The minimum absolute atomic E-state index is 0.193. The quantitative estimate of drug-likeness (QED) is 0.532. The summed E-state index contributed by atoms with van der Waals surface area (Å²) in [4.78, 5) is 28.4. The van der Waals surface area contributed by atoms with Crippen LogP contribution in [0.25, 0.3) is 20.4 Å². The van der Waals surface area contributed by atoms with E-state index in [1.165, 1.54) is 16.7 Å². The minimum Gasteiger partial charge on any atom is -0.406 e. The number of ether oxygens (including phenoxy) is 1. The summed E-state index contributed by atoms with van der Waals surface area (Å²) in [6, 6.07) is 10.9. The molecule has 0 radical (unpaired) electrons. The Morgan fingerprint density at radius 2 is 1.93 bits per heavy atom. The van der Waals surface area contributed by atoms with E-state index in [1.807, 2.05) is 0 Å². The maximum absolute atomic E-state index is 12.3. The van der Waals surface area contributed by atoms with Crippen molar-refractivity contribution in [2.75, 3.05) is 5.32 Å². The number of para-hydroxylation sites is 1. The molecule has 0 spiro atoms. The van der Waals surface area contributed by atoms with Crippen molar-refractivity contribution in [3.05, 3.63) is 52.1 Å². The van der Waals surface area contributed by atoms with Gasteiger partial charge in [-0.05, 0) is 24.3 Å². The van der Waals surface area contributed by atoms with Crippen molar-refractivity contribution in [1.82, 2.24) is 9.55 Å². The lowest BCUT2D eigenvalue weighted by Gasteiger charge is -2.07. The monoisotopic (exact) mass is 425 g/mol. The van der Waals surface area contributed by atoms with Crippen LogP contribution >= 0.6 is 22.7 Å². The molecule has 2 aromatic heterocycles. The number of amides is 1. The van der Waals surface area contributed by atoms with Gasteiger partial charge in [-0.1, -0.05) is 34.8 Å². The summed E-state index contributed by atoms with van der Waals surface area (Å²) in [5.74, 6) is -0.825. The van der Waals surface area contributed by atoms with Crippen LogP contribution in [0.15, 0.2) is 47.3 Å². The molecular weight excluding hydrogens is 415 g/mol. The Bertz CT molecular complexity index is 1240. The Labute approximate surface area is 162 Å². The summed E-state index contributed by atoms with van der Waals surface area (Å²) in [5.41, 5.74) is 1.08. The molecule has 1 amide bonds. The fraction of sp³-hybridized carbons (Fsp3) is 0.118. The van der Waals surface area contributed by atoms with Crippen molar-refractivity contribution < 1.29 is 22.7 Å². The van der Waals surface area contributed by atoms with Crippen molar-refractivity contribution in [3.8, 4) is 5.75 Å². The zero-order valence-electron chi connectivity index (χ0n) is 13.8. The highest BCUT2D eigenvalue weighted by atomic mass is 32.1. The van der Waals surface area contributed by atoms with Crippen LogP contribution in [-0.4, -0.2) is 21.8 Å². The van der Waals surface area contributed by atoms with Crippen molar-refractivity contribution >= 4 is 54.1 Å². The van der Waals surface area contributed by atoms with Crippen molar-refractivity contribution in [2.45, 2.75) is 12.9 Å². The van der Waals surface area contributed by atoms with Gasteiger partial charge in [-0.2, -0.15) is 0 Å². The van der Waals surface area contributed by atoms with Gasteiger partial charge >= 0.3 is 11.2 Å². The number of halogens is 3. The second-order valence-corrected chi connectivity index (χ2v) is 7.69. The molecule has 0 aliphatic heterocycles. The van der Waals surface area contributed by atoms with Crippen molar-refractivity contribution in [1.29, 1.82) is 0 Å². The molecule has 1 N–H and O–H groups in total. The number of hydrogen-bond donors (Lipinski definition) is 1. The molecule has 0 fully saturated rings. The maximum Gasteiger partial charge on any atom is 0.573 e. The molecule has 0 unspecified atom stereocenters. The summed E-state index contributed by atoms with van der Waals surface area (Å²) < 4.78 is 43.4. The van der Waals surface area contributed by atoms with Crippen LogP contribution in [-0.2, 0) is 11.3 Å². The van der Waals surface area contributed by atoms with Gasteiger partial charge in [-0.15, -0.1) is 13.2 Å². The molecule has 0 saturated carbocycles. The van der Waals surface area contributed by atoms with Crippen LogP contribution in [0.2, 0.25) is 0 Å². The first-order valence-corrected chi connectivity index (χ1v) is 9.46. The Kier molecular flexibility index (Phi) is 4.55. The van der Waals surface area contributed by atoms with Crippen LogP contribution in [0, 0.1) is 0 Å². The van der Waals surface area contributed by atoms with Gasteiger partial charge < -0.3 is 10.1 Å². The van der Waals surface area contributed by atoms with Gasteiger partial charge in [0.25, 0.3) is 0 Å². The fourth-order valence-corrected chi connectivity index (χ4v) is 4.42. The average molecular weight is 425 g/mol. The number of nitrogens with one attached hydrogen (secondary N) is 1. The van der Waals surface area contributed by atoms with E-state index in [0.717, 1.165) is 33.4 Å². The number of benzene rings is 2. The van der Waals surface area contributed by atoms with Gasteiger partial charge in [0.05, 0.1) is 20.4 Å². The summed E-state index contributed by atoms with van der Waals surface area (Å²) in [7, 11) is 0. The van der Waals surface area contributed by atoms with E-state index in [2.05, 4.69) is 15.0 Å². The average Bonchev–Trinajstić information content (AvgIpc) is 3.13. The molecule has 0 saturated heterocycles. The normalized spacial score (nSPS) is 11.8.